The Labute approximate surface area is 201 Å². The summed E-state index contributed by atoms with van der Waals surface area (Å²) in [5, 5.41) is 0. The Morgan fingerprint density at radius 2 is 1.32 bits per heavy atom. The van der Waals surface area contributed by atoms with Gasteiger partial charge < -0.3 is 0 Å². The fourth-order valence-corrected chi connectivity index (χ4v) is 5.67. The minimum atomic E-state index is -5.06. The minimum Gasteiger partial charge on any atom is -0.206 e. The number of hydrogen-bond donors (Lipinski definition) is 0. The van der Waals surface area contributed by atoms with Gasteiger partial charge in [0.2, 0.25) is 0 Å². The number of unbranched alkanes of at least 4 members (excludes halogenated alkanes) is 1. The van der Waals surface area contributed by atoms with Crippen LogP contribution in [0.1, 0.15) is 102 Å². The molecular formula is C29H37F5. The van der Waals surface area contributed by atoms with Crippen molar-refractivity contribution in [1.29, 1.82) is 0 Å². The third-order valence-corrected chi connectivity index (χ3v) is 7.80. The first kappa shape index (κ1) is 26.8. The molecule has 2 fully saturated rings. The van der Waals surface area contributed by atoms with Gasteiger partial charge in [0.25, 0.3) is 0 Å². The highest BCUT2D eigenvalue weighted by atomic mass is 19.4. The molecule has 34 heavy (non-hydrogen) atoms. The molecule has 0 atom stereocenters. The molecule has 1 aromatic rings. The van der Waals surface area contributed by atoms with Gasteiger partial charge in [0.1, 0.15) is 17.2 Å². The van der Waals surface area contributed by atoms with Gasteiger partial charge in [0, 0.05) is 5.56 Å². The molecule has 0 heterocycles. The van der Waals surface area contributed by atoms with Crippen molar-refractivity contribution in [3.8, 4) is 11.8 Å². The SMILES string of the molecule is CCCCC1CCC(CCC2CCC(/C=C/C#Cc3cc(F)c(C(F)(F)F)c(F)c3)CC2)CC1. The number of hydrogen-bond acceptors (Lipinski definition) is 0. The highest BCUT2D eigenvalue weighted by Gasteiger charge is 2.37. The van der Waals surface area contributed by atoms with Gasteiger partial charge in [-0.1, -0.05) is 82.6 Å². The monoisotopic (exact) mass is 480 g/mol. The molecule has 0 bridgehead atoms. The molecular weight excluding hydrogens is 443 g/mol. The first-order valence-electron chi connectivity index (χ1n) is 13.0. The highest BCUT2D eigenvalue weighted by molar-refractivity contribution is 5.40. The smallest absolute Gasteiger partial charge is 0.206 e. The molecule has 0 N–H and O–H groups in total. The zero-order valence-corrected chi connectivity index (χ0v) is 20.2. The molecule has 5 heteroatoms. The van der Waals surface area contributed by atoms with E-state index < -0.39 is 23.4 Å². The summed E-state index contributed by atoms with van der Waals surface area (Å²) in [4.78, 5) is 0. The largest absolute Gasteiger partial charge is 0.422 e. The first-order chi connectivity index (χ1) is 16.3. The summed E-state index contributed by atoms with van der Waals surface area (Å²) in [5.41, 5.74) is -1.97. The standard InChI is InChI=1S/C29H37F5/c1-2-3-6-21-9-13-23(14-10-21)17-18-24-15-11-22(12-16-24)7-4-5-8-25-19-26(30)28(27(31)20-25)29(32,33)34/h4,7,19-24H,2-3,6,9-18H2,1H3/b7-4+. The number of rotatable bonds is 7. The van der Waals surface area contributed by atoms with Gasteiger partial charge in [-0.15, -0.1) is 0 Å². The molecule has 3 rings (SSSR count). The van der Waals surface area contributed by atoms with Crippen LogP contribution < -0.4 is 0 Å². The van der Waals surface area contributed by atoms with E-state index in [0.29, 0.717) is 18.1 Å². The maximum Gasteiger partial charge on any atom is 0.422 e. The van der Waals surface area contributed by atoms with Crippen molar-refractivity contribution < 1.29 is 22.0 Å². The lowest BCUT2D eigenvalue weighted by molar-refractivity contribution is -0.142. The summed E-state index contributed by atoms with van der Waals surface area (Å²) in [7, 11) is 0. The van der Waals surface area contributed by atoms with E-state index in [1.165, 1.54) is 70.6 Å². The summed E-state index contributed by atoms with van der Waals surface area (Å²) in [6.07, 6.45) is 15.8. The molecule has 0 aliphatic heterocycles. The predicted molar refractivity (Wildman–Crippen MR) is 127 cm³/mol. The van der Waals surface area contributed by atoms with Crippen molar-refractivity contribution in [2.45, 2.75) is 96.6 Å². The maximum atomic E-state index is 13.6. The normalized spacial score (nSPS) is 25.8. The van der Waals surface area contributed by atoms with E-state index in [-0.39, 0.29) is 5.56 Å². The minimum absolute atomic E-state index is 0.101. The van der Waals surface area contributed by atoms with Crippen LogP contribution in [0.15, 0.2) is 24.3 Å². The second-order valence-corrected chi connectivity index (χ2v) is 10.3. The fourth-order valence-electron chi connectivity index (χ4n) is 5.67. The molecule has 0 amide bonds. The van der Waals surface area contributed by atoms with Crippen molar-refractivity contribution in [2.75, 3.05) is 0 Å². The molecule has 0 nitrogen and oxygen atoms in total. The third-order valence-electron chi connectivity index (χ3n) is 7.80. The van der Waals surface area contributed by atoms with Crippen molar-refractivity contribution >= 4 is 0 Å². The van der Waals surface area contributed by atoms with Gasteiger partial charge in [-0.05, 0) is 67.6 Å². The third kappa shape index (κ3) is 8.14. The van der Waals surface area contributed by atoms with E-state index in [2.05, 4.69) is 18.8 Å². The van der Waals surface area contributed by atoms with Crippen LogP contribution in [-0.4, -0.2) is 0 Å². The van der Waals surface area contributed by atoms with E-state index in [1.807, 2.05) is 6.08 Å². The van der Waals surface area contributed by atoms with Crippen LogP contribution in [0.25, 0.3) is 0 Å². The quantitative estimate of drug-likeness (QED) is 0.269. The lowest BCUT2D eigenvalue weighted by atomic mass is 9.75. The summed E-state index contributed by atoms with van der Waals surface area (Å²) in [6, 6.07) is 1.27. The van der Waals surface area contributed by atoms with Crippen molar-refractivity contribution in [3.63, 3.8) is 0 Å². The van der Waals surface area contributed by atoms with Gasteiger partial charge in [-0.25, -0.2) is 8.78 Å². The van der Waals surface area contributed by atoms with Crippen LogP contribution in [-0.2, 0) is 6.18 Å². The van der Waals surface area contributed by atoms with Crippen LogP contribution in [0, 0.1) is 47.1 Å². The zero-order chi connectivity index (χ0) is 24.6. The van der Waals surface area contributed by atoms with Gasteiger partial charge in [0.15, 0.2) is 0 Å². The van der Waals surface area contributed by atoms with E-state index in [0.717, 1.165) is 30.6 Å². The molecule has 0 spiro atoms. The van der Waals surface area contributed by atoms with Crippen LogP contribution in [0.5, 0.6) is 0 Å². The Morgan fingerprint density at radius 1 is 0.824 bits per heavy atom. The number of benzene rings is 1. The summed E-state index contributed by atoms with van der Waals surface area (Å²) < 4.78 is 65.2. The molecule has 2 saturated carbocycles. The van der Waals surface area contributed by atoms with Gasteiger partial charge in [0.05, 0.1) is 0 Å². The van der Waals surface area contributed by atoms with Gasteiger partial charge in [-0.2, -0.15) is 13.2 Å². The molecule has 2 aliphatic carbocycles. The molecule has 188 valence electrons. The van der Waals surface area contributed by atoms with Gasteiger partial charge in [-0.3, -0.25) is 0 Å². The fraction of sp³-hybridized carbons (Fsp3) is 0.655. The van der Waals surface area contributed by atoms with Crippen LogP contribution >= 0.6 is 0 Å². The summed E-state index contributed by atoms with van der Waals surface area (Å²) >= 11 is 0. The van der Waals surface area contributed by atoms with Crippen LogP contribution in [0.4, 0.5) is 22.0 Å². The molecule has 1 aromatic carbocycles. The topological polar surface area (TPSA) is 0 Å². The van der Waals surface area contributed by atoms with E-state index in [4.69, 9.17) is 0 Å². The van der Waals surface area contributed by atoms with Crippen LogP contribution in [0.2, 0.25) is 0 Å². The maximum absolute atomic E-state index is 13.6. The predicted octanol–water partition coefficient (Wildman–Crippen LogP) is 9.47. The lowest BCUT2D eigenvalue weighted by Gasteiger charge is -2.31. The average Bonchev–Trinajstić information content (AvgIpc) is 2.79. The van der Waals surface area contributed by atoms with E-state index in [9.17, 15) is 22.0 Å². The Bertz CT molecular complexity index is 834. The van der Waals surface area contributed by atoms with E-state index in [1.54, 1.807) is 6.08 Å². The van der Waals surface area contributed by atoms with Crippen LogP contribution in [0.3, 0.4) is 0 Å². The second kappa shape index (κ2) is 12.8. The number of alkyl halides is 3. The van der Waals surface area contributed by atoms with E-state index >= 15 is 0 Å². The number of halogens is 5. The summed E-state index contributed by atoms with van der Waals surface area (Å²) in [6.45, 7) is 2.28. The van der Waals surface area contributed by atoms with Crippen molar-refractivity contribution in [1.82, 2.24) is 0 Å². The zero-order valence-electron chi connectivity index (χ0n) is 20.2. The Balaban J connectivity index is 1.38. The molecule has 0 unspecified atom stereocenters. The second-order valence-electron chi connectivity index (χ2n) is 10.3. The van der Waals surface area contributed by atoms with Gasteiger partial charge >= 0.3 is 6.18 Å². The highest BCUT2D eigenvalue weighted by Crippen LogP contribution is 2.38. The Kier molecular flexibility index (Phi) is 10.0. The first-order valence-corrected chi connectivity index (χ1v) is 13.0. The van der Waals surface area contributed by atoms with Crippen molar-refractivity contribution in [2.24, 2.45) is 23.7 Å². The Morgan fingerprint density at radius 3 is 1.82 bits per heavy atom. The molecule has 2 aliphatic rings. The van der Waals surface area contributed by atoms with Crippen molar-refractivity contribution in [3.05, 3.63) is 47.0 Å². The molecule has 0 radical (unpaired) electrons. The number of allylic oxidation sites excluding steroid dienone is 2. The molecule has 0 aromatic heterocycles. The summed E-state index contributed by atoms with van der Waals surface area (Å²) in [5.74, 6) is 5.13. The molecule has 0 saturated heterocycles. The Hall–Kier alpha value is -1.83. The average molecular weight is 481 g/mol. The lowest BCUT2D eigenvalue weighted by Crippen LogP contribution is -2.17.